The van der Waals surface area contributed by atoms with Crippen LogP contribution in [0.2, 0.25) is 0 Å². The average molecular weight is 401 g/mol. The molecule has 0 bridgehead atoms. The number of hydrogen-bond acceptors (Lipinski definition) is 7. The van der Waals surface area contributed by atoms with Gasteiger partial charge in [0.1, 0.15) is 5.76 Å². The van der Waals surface area contributed by atoms with E-state index >= 15 is 0 Å². The lowest BCUT2D eigenvalue weighted by Gasteiger charge is -2.34. The van der Waals surface area contributed by atoms with Gasteiger partial charge in [-0.3, -0.25) is 9.89 Å². The molecule has 1 aliphatic rings. The summed E-state index contributed by atoms with van der Waals surface area (Å²) in [6.07, 6.45) is 5.30. The normalized spacial score (nSPS) is 15.6. The van der Waals surface area contributed by atoms with Crippen LogP contribution in [0.15, 0.2) is 28.0 Å². The van der Waals surface area contributed by atoms with Gasteiger partial charge >= 0.3 is 0 Å². The lowest BCUT2D eigenvalue weighted by molar-refractivity contribution is 0.260. The van der Waals surface area contributed by atoms with Gasteiger partial charge in [0, 0.05) is 77.2 Å². The van der Waals surface area contributed by atoms with Crippen LogP contribution in [0.5, 0.6) is 0 Å². The minimum atomic E-state index is 0.672. The van der Waals surface area contributed by atoms with Gasteiger partial charge in [-0.05, 0) is 12.5 Å². The molecule has 1 aliphatic heterocycles. The van der Waals surface area contributed by atoms with Crippen LogP contribution in [-0.2, 0) is 19.4 Å². The predicted octanol–water partition coefficient (Wildman–Crippen LogP) is 1.08. The molecule has 0 amide bonds. The van der Waals surface area contributed by atoms with Crippen molar-refractivity contribution in [2.45, 2.75) is 33.2 Å². The van der Waals surface area contributed by atoms with Gasteiger partial charge in [0.25, 0.3) is 0 Å². The van der Waals surface area contributed by atoms with Crippen molar-refractivity contribution in [3.63, 3.8) is 0 Å². The minimum absolute atomic E-state index is 0.672. The van der Waals surface area contributed by atoms with E-state index < -0.39 is 0 Å². The topological polar surface area (TPSA) is 94.7 Å². The molecular formula is C20H32N8O. The Balaban J connectivity index is 1.39. The Bertz CT molecular complexity index is 747. The Morgan fingerprint density at radius 3 is 2.52 bits per heavy atom. The number of nitrogens with zero attached hydrogens (tertiary/aromatic N) is 6. The van der Waals surface area contributed by atoms with Gasteiger partial charge in [-0.1, -0.05) is 19.0 Å². The summed E-state index contributed by atoms with van der Waals surface area (Å²) in [5, 5.41) is 11.0. The summed E-state index contributed by atoms with van der Waals surface area (Å²) in [6, 6.07) is 1.85. The molecule has 2 aromatic rings. The van der Waals surface area contributed by atoms with Crippen LogP contribution in [0.4, 0.5) is 5.95 Å². The minimum Gasteiger partial charge on any atom is -0.361 e. The first-order valence-corrected chi connectivity index (χ1v) is 10.4. The molecule has 1 saturated heterocycles. The number of hydrogen-bond donors (Lipinski definition) is 2. The largest absolute Gasteiger partial charge is 0.361 e. The zero-order valence-corrected chi connectivity index (χ0v) is 17.7. The van der Waals surface area contributed by atoms with Crippen molar-refractivity contribution in [2.75, 3.05) is 51.2 Å². The molecule has 0 aromatic carbocycles. The quantitative estimate of drug-likeness (QED) is 0.502. The van der Waals surface area contributed by atoms with Crippen LogP contribution in [0.1, 0.15) is 30.9 Å². The van der Waals surface area contributed by atoms with Gasteiger partial charge in [0.15, 0.2) is 5.96 Å². The van der Waals surface area contributed by atoms with E-state index in [0.29, 0.717) is 6.54 Å². The molecule has 0 unspecified atom stereocenters. The van der Waals surface area contributed by atoms with Gasteiger partial charge in [0.2, 0.25) is 5.95 Å². The van der Waals surface area contributed by atoms with Crippen molar-refractivity contribution < 1.29 is 4.52 Å². The number of piperazine rings is 1. The third kappa shape index (κ3) is 5.66. The van der Waals surface area contributed by atoms with Gasteiger partial charge < -0.3 is 20.1 Å². The van der Waals surface area contributed by atoms with E-state index in [1.54, 1.807) is 19.4 Å². The molecule has 0 radical (unpaired) electrons. The highest BCUT2D eigenvalue weighted by Crippen LogP contribution is 2.15. The lowest BCUT2D eigenvalue weighted by Crippen LogP contribution is -2.49. The number of anilines is 1. The standard InChI is InChI=1S/C20H32N8O/c1-4-17-16(18(5-2)29-26-17)15-25-19(21-3)22-9-10-27-11-13-28(14-12-27)20-23-7-6-8-24-20/h6-8H,4-5,9-15H2,1-3H3,(H2,21,22,25). The molecule has 158 valence electrons. The first kappa shape index (κ1) is 21.0. The zero-order chi connectivity index (χ0) is 20.5. The second-order valence-corrected chi connectivity index (χ2v) is 6.97. The molecule has 3 rings (SSSR count). The number of aryl methyl sites for hydroxylation is 2. The van der Waals surface area contributed by atoms with Crippen LogP contribution >= 0.6 is 0 Å². The highest BCUT2D eigenvalue weighted by atomic mass is 16.5. The summed E-state index contributed by atoms with van der Waals surface area (Å²) in [6.45, 7) is 10.6. The number of guanidine groups is 1. The molecule has 9 heteroatoms. The van der Waals surface area contributed by atoms with Crippen molar-refractivity contribution in [3.05, 3.63) is 35.5 Å². The van der Waals surface area contributed by atoms with Crippen LogP contribution in [0.3, 0.4) is 0 Å². The van der Waals surface area contributed by atoms with Crippen LogP contribution < -0.4 is 15.5 Å². The lowest BCUT2D eigenvalue weighted by atomic mass is 10.1. The summed E-state index contributed by atoms with van der Waals surface area (Å²) >= 11 is 0. The summed E-state index contributed by atoms with van der Waals surface area (Å²) in [7, 11) is 1.79. The summed E-state index contributed by atoms with van der Waals surface area (Å²) in [5.41, 5.74) is 2.17. The van der Waals surface area contributed by atoms with E-state index in [1.165, 1.54) is 0 Å². The molecule has 2 aromatic heterocycles. The zero-order valence-electron chi connectivity index (χ0n) is 17.7. The van der Waals surface area contributed by atoms with E-state index in [-0.39, 0.29) is 0 Å². The fourth-order valence-electron chi connectivity index (χ4n) is 3.49. The monoisotopic (exact) mass is 400 g/mol. The fourth-order valence-corrected chi connectivity index (χ4v) is 3.49. The number of nitrogens with one attached hydrogen (secondary N) is 2. The molecule has 0 spiro atoms. The molecule has 0 saturated carbocycles. The summed E-state index contributed by atoms with van der Waals surface area (Å²) in [4.78, 5) is 17.7. The Hall–Kier alpha value is -2.68. The molecule has 9 nitrogen and oxygen atoms in total. The first-order valence-electron chi connectivity index (χ1n) is 10.4. The van der Waals surface area contributed by atoms with Crippen molar-refractivity contribution in [1.29, 1.82) is 0 Å². The van der Waals surface area contributed by atoms with Crippen LogP contribution in [0.25, 0.3) is 0 Å². The SMILES string of the molecule is CCc1noc(CC)c1CNC(=NC)NCCN1CCN(c2ncccn2)CC1. The maximum Gasteiger partial charge on any atom is 0.225 e. The summed E-state index contributed by atoms with van der Waals surface area (Å²) < 4.78 is 5.43. The van der Waals surface area contributed by atoms with Crippen molar-refractivity contribution in [3.8, 4) is 0 Å². The Kier molecular flexibility index (Phi) is 7.80. The molecular weight excluding hydrogens is 368 g/mol. The summed E-state index contributed by atoms with van der Waals surface area (Å²) in [5.74, 6) is 2.57. The van der Waals surface area contributed by atoms with Gasteiger partial charge in [-0.15, -0.1) is 0 Å². The number of aromatic nitrogens is 3. The number of rotatable bonds is 8. The molecule has 2 N–H and O–H groups in total. The average Bonchev–Trinajstić information content (AvgIpc) is 3.19. The van der Waals surface area contributed by atoms with Crippen molar-refractivity contribution in [2.24, 2.45) is 4.99 Å². The highest BCUT2D eigenvalue weighted by Gasteiger charge is 2.18. The molecule has 0 atom stereocenters. The van der Waals surface area contributed by atoms with E-state index in [1.807, 2.05) is 6.07 Å². The first-order chi connectivity index (χ1) is 14.2. The predicted molar refractivity (Wildman–Crippen MR) is 114 cm³/mol. The van der Waals surface area contributed by atoms with Crippen molar-refractivity contribution in [1.82, 2.24) is 30.7 Å². The van der Waals surface area contributed by atoms with Gasteiger partial charge in [-0.25, -0.2) is 9.97 Å². The maximum atomic E-state index is 5.43. The maximum absolute atomic E-state index is 5.43. The molecule has 3 heterocycles. The fraction of sp³-hybridized carbons (Fsp3) is 0.600. The molecule has 29 heavy (non-hydrogen) atoms. The van der Waals surface area contributed by atoms with E-state index in [9.17, 15) is 0 Å². The third-order valence-corrected chi connectivity index (χ3v) is 5.19. The van der Waals surface area contributed by atoms with E-state index in [0.717, 1.165) is 81.0 Å². The second-order valence-electron chi connectivity index (χ2n) is 6.97. The smallest absolute Gasteiger partial charge is 0.225 e. The van der Waals surface area contributed by atoms with Gasteiger partial charge in [-0.2, -0.15) is 0 Å². The Labute approximate surface area is 172 Å². The molecule has 0 aliphatic carbocycles. The second kappa shape index (κ2) is 10.8. The highest BCUT2D eigenvalue weighted by molar-refractivity contribution is 5.79. The van der Waals surface area contributed by atoms with Crippen LogP contribution in [-0.4, -0.2) is 72.3 Å². The van der Waals surface area contributed by atoms with Crippen LogP contribution in [0, 0.1) is 0 Å². The Morgan fingerprint density at radius 1 is 1.10 bits per heavy atom. The number of aliphatic imine (C=N–C) groups is 1. The van der Waals surface area contributed by atoms with Gasteiger partial charge in [0.05, 0.1) is 5.69 Å². The third-order valence-electron chi connectivity index (χ3n) is 5.19. The van der Waals surface area contributed by atoms with E-state index in [4.69, 9.17) is 4.52 Å². The Morgan fingerprint density at radius 2 is 1.86 bits per heavy atom. The van der Waals surface area contributed by atoms with E-state index in [2.05, 4.69) is 54.4 Å². The van der Waals surface area contributed by atoms with Crippen molar-refractivity contribution >= 4 is 11.9 Å². The molecule has 1 fully saturated rings.